The molecule has 31 heavy (non-hydrogen) atoms. The van der Waals surface area contributed by atoms with E-state index in [-0.39, 0.29) is 39.3 Å². The first-order chi connectivity index (χ1) is 14.4. The summed E-state index contributed by atoms with van der Waals surface area (Å²) >= 11 is 0. The molecule has 0 spiro atoms. The largest absolute Gasteiger partial charge is 0.504 e. The van der Waals surface area contributed by atoms with Crippen LogP contribution in [0.5, 0.6) is 0 Å². The van der Waals surface area contributed by atoms with E-state index in [0.717, 1.165) is 49.7 Å². The number of hydrogen-bond acceptors (Lipinski definition) is 3. The van der Waals surface area contributed by atoms with Gasteiger partial charge in [0.2, 0.25) is 5.78 Å². The third kappa shape index (κ3) is 2.47. The minimum atomic E-state index is -0.253. The van der Waals surface area contributed by atoms with E-state index in [1.165, 1.54) is 5.57 Å². The maximum absolute atomic E-state index is 12.5. The standard InChI is InChI=1S/C28H38O3/c1-16-13-23-25(3,15-21(16)30)9-11-27(5)22-8-7-18-17(2)24(31)20(29)14-19(18)26(22,4)10-12-28(23,27)6/h7-8,14,16,21,23,30-31H,9-13,15H2,1-6H3/t16-,21+,23-,25+,26+,27-,28+/m1/s1. The van der Waals surface area contributed by atoms with Crippen LogP contribution in [0.25, 0.3) is 0 Å². The van der Waals surface area contributed by atoms with Gasteiger partial charge in [-0.25, -0.2) is 0 Å². The van der Waals surface area contributed by atoms with E-state index in [4.69, 9.17) is 0 Å². The van der Waals surface area contributed by atoms with Gasteiger partial charge in [-0.2, -0.15) is 0 Å². The lowest BCUT2D eigenvalue weighted by Crippen LogP contribution is -2.62. The Morgan fingerprint density at radius 1 is 1.03 bits per heavy atom. The number of hydrogen-bond donors (Lipinski definition) is 2. The van der Waals surface area contributed by atoms with Crippen molar-refractivity contribution < 1.29 is 15.0 Å². The quantitative estimate of drug-likeness (QED) is 0.488. The number of fused-ring (bicyclic) bond motifs is 7. The van der Waals surface area contributed by atoms with Crippen LogP contribution < -0.4 is 0 Å². The fourth-order valence-electron chi connectivity index (χ4n) is 8.57. The van der Waals surface area contributed by atoms with Crippen molar-refractivity contribution >= 4 is 5.78 Å². The monoisotopic (exact) mass is 422 g/mol. The predicted molar refractivity (Wildman–Crippen MR) is 123 cm³/mol. The molecule has 5 rings (SSSR count). The van der Waals surface area contributed by atoms with Crippen molar-refractivity contribution in [3.63, 3.8) is 0 Å². The van der Waals surface area contributed by atoms with Crippen molar-refractivity contribution in [2.45, 2.75) is 86.2 Å². The van der Waals surface area contributed by atoms with Crippen LogP contribution >= 0.6 is 0 Å². The van der Waals surface area contributed by atoms with Gasteiger partial charge >= 0.3 is 0 Å². The second-order valence-corrected chi connectivity index (χ2v) is 12.3. The van der Waals surface area contributed by atoms with Gasteiger partial charge in [-0.1, -0.05) is 52.3 Å². The molecule has 3 heteroatoms. The second kappa shape index (κ2) is 6.25. The maximum atomic E-state index is 12.5. The normalized spacial score (nSPS) is 49.2. The van der Waals surface area contributed by atoms with E-state index >= 15 is 0 Å². The van der Waals surface area contributed by atoms with E-state index in [1.807, 2.05) is 6.92 Å². The summed E-state index contributed by atoms with van der Waals surface area (Å²) in [7, 11) is 0. The highest BCUT2D eigenvalue weighted by Gasteiger charge is 2.66. The van der Waals surface area contributed by atoms with Crippen LogP contribution in [-0.4, -0.2) is 22.1 Å². The lowest BCUT2D eigenvalue weighted by Gasteiger charge is -2.69. The fraction of sp³-hybridized carbons (Fsp3) is 0.679. The van der Waals surface area contributed by atoms with E-state index in [1.54, 1.807) is 6.08 Å². The first-order valence-electron chi connectivity index (χ1n) is 12.2. The number of aliphatic hydroxyl groups is 2. The molecule has 5 aliphatic carbocycles. The summed E-state index contributed by atoms with van der Waals surface area (Å²) in [6, 6.07) is 0. The summed E-state index contributed by atoms with van der Waals surface area (Å²) in [4.78, 5) is 12.5. The molecule has 2 N–H and O–H groups in total. The average Bonchev–Trinajstić information content (AvgIpc) is 2.71. The molecule has 3 fully saturated rings. The van der Waals surface area contributed by atoms with Gasteiger partial charge in [0, 0.05) is 11.0 Å². The molecule has 0 aliphatic heterocycles. The minimum Gasteiger partial charge on any atom is -0.504 e. The van der Waals surface area contributed by atoms with Gasteiger partial charge in [-0.05, 0) is 90.8 Å². The molecule has 3 nitrogen and oxygen atoms in total. The molecule has 0 saturated heterocycles. The van der Waals surface area contributed by atoms with Gasteiger partial charge in [-0.15, -0.1) is 0 Å². The third-order valence-corrected chi connectivity index (χ3v) is 10.9. The first-order valence-corrected chi connectivity index (χ1v) is 12.2. The van der Waals surface area contributed by atoms with Crippen LogP contribution in [-0.2, 0) is 4.79 Å². The zero-order valence-electron chi connectivity index (χ0n) is 20.0. The Morgan fingerprint density at radius 2 is 1.74 bits per heavy atom. The molecular formula is C28H38O3. The van der Waals surface area contributed by atoms with Gasteiger partial charge in [-0.3, -0.25) is 4.79 Å². The summed E-state index contributed by atoms with van der Waals surface area (Å²) < 4.78 is 0. The Balaban J connectivity index is 1.64. The Morgan fingerprint density at radius 3 is 2.45 bits per heavy atom. The minimum absolute atomic E-state index is 0.0647. The zero-order valence-corrected chi connectivity index (χ0v) is 20.0. The SMILES string of the molecule is CC1=C(O)C(=O)C=C2C1=CC=C1[C@@]2(C)CC[C@@]2(C)[C@@H]3C[C@@H](C)[C@@H](O)C[C@]3(C)CC[C@]12C. The number of allylic oxidation sites excluding steroid dienone is 7. The van der Waals surface area contributed by atoms with Crippen molar-refractivity contribution in [1.29, 1.82) is 0 Å². The molecule has 0 heterocycles. The highest BCUT2D eigenvalue weighted by molar-refractivity contribution is 6.06. The zero-order chi connectivity index (χ0) is 22.6. The highest BCUT2D eigenvalue weighted by atomic mass is 16.3. The van der Waals surface area contributed by atoms with Gasteiger partial charge < -0.3 is 10.2 Å². The third-order valence-electron chi connectivity index (χ3n) is 10.9. The number of carbonyl (C=O) groups is 1. The molecule has 3 saturated carbocycles. The van der Waals surface area contributed by atoms with Crippen molar-refractivity contribution in [2.24, 2.45) is 33.5 Å². The van der Waals surface area contributed by atoms with Gasteiger partial charge in [0.15, 0.2) is 5.76 Å². The molecule has 0 unspecified atom stereocenters. The lowest BCUT2D eigenvalue weighted by atomic mass is 9.35. The van der Waals surface area contributed by atoms with Crippen molar-refractivity contribution in [2.75, 3.05) is 0 Å². The maximum Gasteiger partial charge on any atom is 0.220 e. The van der Waals surface area contributed by atoms with Crippen LogP contribution in [0.15, 0.2) is 46.3 Å². The Bertz CT molecular complexity index is 996. The van der Waals surface area contributed by atoms with Crippen LogP contribution in [0.2, 0.25) is 0 Å². The molecule has 0 aromatic carbocycles. The molecule has 5 aliphatic rings. The van der Waals surface area contributed by atoms with Gasteiger partial charge in [0.05, 0.1) is 6.10 Å². The van der Waals surface area contributed by atoms with E-state index < -0.39 is 0 Å². The Kier molecular flexibility index (Phi) is 4.28. The van der Waals surface area contributed by atoms with Crippen LogP contribution in [0.3, 0.4) is 0 Å². The van der Waals surface area contributed by atoms with E-state index in [0.29, 0.717) is 17.4 Å². The molecule has 7 atom stereocenters. The average molecular weight is 423 g/mol. The van der Waals surface area contributed by atoms with E-state index in [2.05, 4.69) is 46.8 Å². The lowest BCUT2D eigenvalue weighted by molar-refractivity contribution is -0.169. The summed E-state index contributed by atoms with van der Waals surface area (Å²) in [6.45, 7) is 13.8. The van der Waals surface area contributed by atoms with Gasteiger partial charge in [0.25, 0.3) is 0 Å². The molecule has 0 bridgehead atoms. The first kappa shape index (κ1) is 21.2. The Hall–Kier alpha value is -1.61. The van der Waals surface area contributed by atoms with Crippen LogP contribution in [0.1, 0.15) is 80.1 Å². The molecule has 0 aromatic heterocycles. The van der Waals surface area contributed by atoms with Crippen LogP contribution in [0, 0.1) is 33.5 Å². The molecule has 168 valence electrons. The number of aliphatic hydroxyl groups excluding tert-OH is 2. The topological polar surface area (TPSA) is 57.5 Å². The highest BCUT2D eigenvalue weighted by Crippen LogP contribution is 2.74. The summed E-state index contributed by atoms with van der Waals surface area (Å²) in [6.07, 6.45) is 12.5. The fourth-order valence-corrected chi connectivity index (χ4v) is 8.57. The molecule has 0 amide bonds. The summed E-state index contributed by atoms with van der Waals surface area (Å²) in [5.41, 5.74) is 4.61. The molecule has 0 aromatic rings. The van der Waals surface area contributed by atoms with E-state index in [9.17, 15) is 15.0 Å². The van der Waals surface area contributed by atoms with Crippen molar-refractivity contribution in [1.82, 2.24) is 0 Å². The van der Waals surface area contributed by atoms with Crippen molar-refractivity contribution in [3.8, 4) is 0 Å². The molecule has 0 radical (unpaired) electrons. The summed E-state index contributed by atoms with van der Waals surface area (Å²) in [5, 5.41) is 20.9. The second-order valence-electron chi connectivity index (χ2n) is 12.3. The number of carbonyl (C=O) groups excluding carboxylic acids is 1. The Labute approximate surface area is 187 Å². The van der Waals surface area contributed by atoms with Gasteiger partial charge in [0.1, 0.15) is 0 Å². The summed E-state index contributed by atoms with van der Waals surface area (Å²) in [5.74, 6) is 0.592. The number of rotatable bonds is 0. The van der Waals surface area contributed by atoms with Crippen molar-refractivity contribution in [3.05, 3.63) is 46.3 Å². The smallest absolute Gasteiger partial charge is 0.220 e. The van der Waals surface area contributed by atoms with Crippen LogP contribution in [0.4, 0.5) is 0 Å². The number of ketones is 1. The predicted octanol–water partition coefficient (Wildman–Crippen LogP) is 6.21. The molecular weight excluding hydrogens is 384 g/mol.